The predicted octanol–water partition coefficient (Wildman–Crippen LogP) is 2.39. The summed E-state index contributed by atoms with van der Waals surface area (Å²) >= 11 is 1.11. The van der Waals surface area contributed by atoms with Crippen LogP contribution in [0.15, 0.2) is 12.7 Å². The zero-order chi connectivity index (χ0) is 13.7. The Balaban J connectivity index is 2.78. The second-order valence-electron chi connectivity index (χ2n) is 3.96. The molecule has 98 valence electrons. The highest BCUT2D eigenvalue weighted by Gasteiger charge is 2.18. The largest absolute Gasteiger partial charge is 0.457 e. The van der Waals surface area contributed by atoms with Crippen molar-refractivity contribution >= 4 is 28.3 Å². The molecule has 0 aliphatic rings. The summed E-state index contributed by atoms with van der Waals surface area (Å²) in [5, 5.41) is 3.07. The molecule has 1 N–H and O–H groups in total. The molecule has 0 aliphatic carbocycles. The molecule has 1 aromatic rings. The summed E-state index contributed by atoms with van der Waals surface area (Å²) < 4.78 is 4.92. The number of carbonyl (C=O) groups is 2. The standard InChI is InChI=1S/C12H16N2O3S/c1-5-6-17-11(16)9-8(4)13-12(18-9)14-10(15)7(2)3/h5,7H,1,6H2,2-4H3,(H,13,14,15). The third kappa shape index (κ3) is 3.66. The summed E-state index contributed by atoms with van der Waals surface area (Å²) in [7, 11) is 0. The third-order valence-corrected chi connectivity index (χ3v) is 3.12. The van der Waals surface area contributed by atoms with Crippen molar-refractivity contribution in [2.75, 3.05) is 11.9 Å². The van der Waals surface area contributed by atoms with E-state index in [2.05, 4.69) is 16.9 Å². The minimum absolute atomic E-state index is 0.130. The fraction of sp³-hybridized carbons (Fsp3) is 0.417. The Morgan fingerprint density at radius 1 is 1.56 bits per heavy atom. The summed E-state index contributed by atoms with van der Waals surface area (Å²) in [6, 6.07) is 0. The first-order chi connectivity index (χ1) is 8.45. The number of carbonyl (C=O) groups excluding carboxylic acids is 2. The Bertz CT molecular complexity index is 466. The van der Waals surface area contributed by atoms with Crippen LogP contribution in [0.1, 0.15) is 29.2 Å². The maximum Gasteiger partial charge on any atom is 0.350 e. The number of ether oxygens (including phenoxy) is 1. The van der Waals surface area contributed by atoms with E-state index in [0.29, 0.717) is 15.7 Å². The molecule has 0 aliphatic heterocycles. The molecule has 5 nitrogen and oxygen atoms in total. The van der Waals surface area contributed by atoms with Crippen LogP contribution in [0.3, 0.4) is 0 Å². The van der Waals surface area contributed by atoms with E-state index >= 15 is 0 Å². The van der Waals surface area contributed by atoms with E-state index in [4.69, 9.17) is 4.74 Å². The van der Waals surface area contributed by atoms with E-state index in [-0.39, 0.29) is 18.4 Å². The van der Waals surface area contributed by atoms with Crippen LogP contribution in [0.5, 0.6) is 0 Å². The molecule has 0 saturated carbocycles. The molecule has 0 unspecified atom stereocenters. The second-order valence-corrected chi connectivity index (χ2v) is 4.96. The molecular weight excluding hydrogens is 252 g/mol. The quantitative estimate of drug-likeness (QED) is 0.657. The number of aromatic nitrogens is 1. The second kappa shape index (κ2) is 6.30. The zero-order valence-electron chi connectivity index (χ0n) is 10.6. The Morgan fingerprint density at radius 3 is 2.78 bits per heavy atom. The van der Waals surface area contributed by atoms with Crippen molar-refractivity contribution in [2.45, 2.75) is 20.8 Å². The van der Waals surface area contributed by atoms with Crippen molar-refractivity contribution in [1.82, 2.24) is 4.98 Å². The molecule has 0 spiro atoms. The molecule has 1 rings (SSSR count). The highest BCUT2D eigenvalue weighted by molar-refractivity contribution is 7.17. The van der Waals surface area contributed by atoms with E-state index in [0.717, 1.165) is 11.3 Å². The van der Waals surface area contributed by atoms with Gasteiger partial charge in [-0.05, 0) is 6.92 Å². The molecule has 0 fully saturated rings. The van der Waals surface area contributed by atoms with Gasteiger partial charge in [-0.2, -0.15) is 0 Å². The van der Waals surface area contributed by atoms with Crippen LogP contribution >= 0.6 is 11.3 Å². The van der Waals surface area contributed by atoms with E-state index in [9.17, 15) is 9.59 Å². The number of aryl methyl sites for hydroxylation is 1. The van der Waals surface area contributed by atoms with Crippen molar-refractivity contribution in [1.29, 1.82) is 0 Å². The van der Waals surface area contributed by atoms with Crippen LogP contribution in [-0.2, 0) is 9.53 Å². The van der Waals surface area contributed by atoms with Gasteiger partial charge in [-0.1, -0.05) is 37.8 Å². The number of nitrogens with zero attached hydrogens (tertiary/aromatic N) is 1. The first-order valence-electron chi connectivity index (χ1n) is 5.52. The van der Waals surface area contributed by atoms with Gasteiger partial charge in [0.15, 0.2) is 5.13 Å². The lowest BCUT2D eigenvalue weighted by Gasteiger charge is -2.03. The number of nitrogens with one attached hydrogen (secondary N) is 1. The average Bonchev–Trinajstić information content (AvgIpc) is 2.67. The topological polar surface area (TPSA) is 68.3 Å². The zero-order valence-corrected chi connectivity index (χ0v) is 11.5. The summed E-state index contributed by atoms with van der Waals surface area (Å²) in [4.78, 5) is 27.7. The first-order valence-corrected chi connectivity index (χ1v) is 6.33. The number of rotatable bonds is 5. The van der Waals surface area contributed by atoms with Crippen molar-refractivity contribution in [2.24, 2.45) is 5.92 Å². The van der Waals surface area contributed by atoms with Gasteiger partial charge < -0.3 is 10.1 Å². The normalized spacial score (nSPS) is 10.2. The molecule has 6 heteroatoms. The van der Waals surface area contributed by atoms with Gasteiger partial charge in [0.1, 0.15) is 11.5 Å². The van der Waals surface area contributed by atoms with Gasteiger partial charge in [0.05, 0.1) is 5.69 Å². The fourth-order valence-corrected chi connectivity index (χ4v) is 1.95. The minimum Gasteiger partial charge on any atom is -0.457 e. The Hall–Kier alpha value is -1.69. The maximum absolute atomic E-state index is 11.6. The molecule has 0 atom stereocenters. The third-order valence-electron chi connectivity index (χ3n) is 2.07. The van der Waals surface area contributed by atoms with Gasteiger partial charge in [-0.25, -0.2) is 9.78 Å². The average molecular weight is 268 g/mol. The lowest BCUT2D eigenvalue weighted by molar-refractivity contribution is -0.118. The lowest BCUT2D eigenvalue weighted by atomic mass is 10.2. The van der Waals surface area contributed by atoms with Gasteiger partial charge in [-0.3, -0.25) is 4.79 Å². The molecule has 0 bridgehead atoms. The van der Waals surface area contributed by atoms with Crippen molar-refractivity contribution in [3.05, 3.63) is 23.2 Å². The Labute approximate surface area is 110 Å². The van der Waals surface area contributed by atoms with Gasteiger partial charge in [-0.15, -0.1) is 0 Å². The highest BCUT2D eigenvalue weighted by atomic mass is 32.1. The van der Waals surface area contributed by atoms with Crippen LogP contribution in [0.2, 0.25) is 0 Å². The Morgan fingerprint density at radius 2 is 2.22 bits per heavy atom. The Kier molecular flexibility index (Phi) is 5.03. The monoisotopic (exact) mass is 268 g/mol. The van der Waals surface area contributed by atoms with Gasteiger partial charge in [0, 0.05) is 5.92 Å². The van der Waals surface area contributed by atoms with E-state index in [1.54, 1.807) is 20.8 Å². The SMILES string of the molecule is C=CCOC(=O)c1sc(NC(=O)C(C)C)nc1C. The summed E-state index contributed by atoms with van der Waals surface area (Å²) in [5.74, 6) is -0.713. The van der Waals surface area contributed by atoms with E-state index in [1.165, 1.54) is 6.08 Å². The molecular formula is C12H16N2O3S. The van der Waals surface area contributed by atoms with Gasteiger partial charge >= 0.3 is 5.97 Å². The number of anilines is 1. The minimum atomic E-state index is -0.449. The summed E-state index contributed by atoms with van der Waals surface area (Å²) in [6.45, 7) is 8.90. The van der Waals surface area contributed by atoms with Crippen LogP contribution in [0.4, 0.5) is 5.13 Å². The van der Waals surface area contributed by atoms with Crippen molar-refractivity contribution in [3.63, 3.8) is 0 Å². The van der Waals surface area contributed by atoms with Crippen LogP contribution < -0.4 is 5.32 Å². The number of thiazole rings is 1. The summed E-state index contributed by atoms with van der Waals surface area (Å²) in [6.07, 6.45) is 1.50. The highest BCUT2D eigenvalue weighted by Crippen LogP contribution is 2.23. The predicted molar refractivity (Wildman–Crippen MR) is 70.8 cm³/mol. The van der Waals surface area contributed by atoms with Crippen molar-refractivity contribution in [3.8, 4) is 0 Å². The lowest BCUT2D eigenvalue weighted by Crippen LogP contribution is -2.17. The molecule has 1 aromatic heterocycles. The van der Waals surface area contributed by atoms with Crippen molar-refractivity contribution < 1.29 is 14.3 Å². The molecule has 1 amide bonds. The van der Waals surface area contributed by atoms with E-state index < -0.39 is 5.97 Å². The van der Waals surface area contributed by atoms with Crippen LogP contribution in [0.25, 0.3) is 0 Å². The molecule has 0 radical (unpaired) electrons. The number of hydrogen-bond donors (Lipinski definition) is 1. The summed E-state index contributed by atoms with van der Waals surface area (Å²) in [5.41, 5.74) is 0.549. The van der Waals surface area contributed by atoms with E-state index in [1.807, 2.05) is 0 Å². The molecule has 18 heavy (non-hydrogen) atoms. The van der Waals surface area contributed by atoms with Gasteiger partial charge in [0.25, 0.3) is 0 Å². The first kappa shape index (κ1) is 14.4. The fourth-order valence-electron chi connectivity index (χ4n) is 1.09. The number of hydrogen-bond acceptors (Lipinski definition) is 5. The molecule has 0 aromatic carbocycles. The maximum atomic E-state index is 11.6. The van der Waals surface area contributed by atoms with Crippen LogP contribution in [-0.4, -0.2) is 23.5 Å². The van der Waals surface area contributed by atoms with Gasteiger partial charge in [0.2, 0.25) is 5.91 Å². The molecule has 1 heterocycles. The smallest absolute Gasteiger partial charge is 0.350 e. The molecule has 0 saturated heterocycles. The van der Waals surface area contributed by atoms with Crippen LogP contribution in [0, 0.1) is 12.8 Å². The number of amides is 1. The number of esters is 1.